The zero-order valence-corrected chi connectivity index (χ0v) is 19.5. The third kappa shape index (κ3) is 6.12. The van der Waals surface area contributed by atoms with Gasteiger partial charge in [0.05, 0.1) is 4.90 Å². The fourth-order valence-electron chi connectivity index (χ4n) is 3.82. The number of hydrogen-bond donors (Lipinski definition) is 2. The minimum atomic E-state index is -3.84. The van der Waals surface area contributed by atoms with Crippen LogP contribution in [0.25, 0.3) is 0 Å². The Morgan fingerprint density at radius 2 is 1.50 bits per heavy atom. The Hall–Kier alpha value is -3.43. The normalized spacial score (nSPS) is 14.6. The highest BCUT2D eigenvalue weighted by atomic mass is 32.2. The van der Waals surface area contributed by atoms with Crippen molar-refractivity contribution in [2.24, 2.45) is 0 Å². The molecule has 178 valence electrons. The van der Waals surface area contributed by atoms with Crippen molar-refractivity contribution in [3.63, 3.8) is 0 Å². The first-order valence-electron chi connectivity index (χ1n) is 11.1. The molecule has 0 spiro atoms. The average molecular weight is 483 g/mol. The number of rotatable bonds is 8. The van der Waals surface area contributed by atoms with Crippen molar-refractivity contribution in [3.8, 4) is 0 Å². The highest BCUT2D eigenvalue weighted by Crippen LogP contribution is 2.18. The van der Waals surface area contributed by atoms with E-state index in [0.717, 1.165) is 44.9 Å². The highest BCUT2D eigenvalue weighted by molar-refractivity contribution is 7.92. The lowest BCUT2D eigenvalue weighted by Crippen LogP contribution is -2.48. The molecule has 1 aliphatic heterocycles. The Morgan fingerprint density at radius 3 is 2.15 bits per heavy atom. The molecule has 1 amide bonds. The van der Waals surface area contributed by atoms with Crippen molar-refractivity contribution in [1.29, 1.82) is 0 Å². The molecule has 1 saturated heterocycles. The first-order valence-corrected chi connectivity index (χ1v) is 12.6. The Labute approximate surface area is 199 Å². The van der Waals surface area contributed by atoms with Crippen molar-refractivity contribution in [3.05, 3.63) is 90.2 Å². The summed E-state index contributed by atoms with van der Waals surface area (Å²) in [4.78, 5) is 17.1. The van der Waals surface area contributed by atoms with E-state index in [4.69, 9.17) is 0 Å². The first-order chi connectivity index (χ1) is 16.4. The molecule has 0 atom stereocenters. The Balaban J connectivity index is 1.22. The summed E-state index contributed by atoms with van der Waals surface area (Å²) in [7, 11) is -3.84. The molecule has 3 aromatic rings. The fraction of sp³-hybridized carbons (Fsp3) is 0.240. The second-order valence-corrected chi connectivity index (χ2v) is 9.74. The predicted octanol–water partition coefficient (Wildman–Crippen LogP) is 3.18. The number of amides is 1. The van der Waals surface area contributed by atoms with Gasteiger partial charge in [0.15, 0.2) is 0 Å². The summed E-state index contributed by atoms with van der Waals surface area (Å²) in [6.07, 6.45) is 0. The first kappa shape index (κ1) is 23.7. The third-order valence-electron chi connectivity index (χ3n) is 5.73. The standard InChI is InChI=1S/C25H27FN4O3S/c26-21-8-12-24(13-9-21)34(32,33)28-22-10-6-20(7-11-22)25(31)27-14-15-29-16-18-30(19-17-29)23-4-2-1-3-5-23/h1-13,28H,14-19H2,(H,27,31). The van der Waals surface area contributed by atoms with Gasteiger partial charge in [-0.25, -0.2) is 12.8 Å². The molecule has 0 aliphatic carbocycles. The number of sulfonamides is 1. The predicted molar refractivity (Wildman–Crippen MR) is 131 cm³/mol. The molecule has 9 heteroatoms. The molecular formula is C25H27FN4O3S. The second kappa shape index (κ2) is 10.7. The molecule has 0 bridgehead atoms. The van der Waals surface area contributed by atoms with E-state index >= 15 is 0 Å². The minimum absolute atomic E-state index is 0.0414. The van der Waals surface area contributed by atoms with Crippen LogP contribution >= 0.6 is 0 Å². The second-order valence-electron chi connectivity index (χ2n) is 8.06. The average Bonchev–Trinajstić information content (AvgIpc) is 2.85. The molecule has 0 saturated carbocycles. The Morgan fingerprint density at radius 1 is 0.853 bits per heavy atom. The van der Waals surface area contributed by atoms with Gasteiger partial charge in [-0.3, -0.25) is 14.4 Å². The van der Waals surface area contributed by atoms with Crippen LogP contribution in [0.4, 0.5) is 15.8 Å². The lowest BCUT2D eigenvalue weighted by Gasteiger charge is -2.36. The number of nitrogens with zero attached hydrogens (tertiary/aromatic N) is 2. The van der Waals surface area contributed by atoms with Crippen LogP contribution in [-0.2, 0) is 10.0 Å². The van der Waals surface area contributed by atoms with Crippen LogP contribution in [0, 0.1) is 5.82 Å². The number of hydrogen-bond acceptors (Lipinski definition) is 5. The van der Waals surface area contributed by atoms with Crippen LogP contribution in [0.5, 0.6) is 0 Å². The maximum Gasteiger partial charge on any atom is 0.261 e. The maximum atomic E-state index is 13.0. The summed E-state index contributed by atoms with van der Waals surface area (Å²) in [5.41, 5.74) is 2.00. The van der Waals surface area contributed by atoms with Crippen molar-refractivity contribution >= 4 is 27.3 Å². The zero-order chi connectivity index (χ0) is 24.0. The molecule has 2 N–H and O–H groups in total. The van der Waals surface area contributed by atoms with Crippen LogP contribution in [0.1, 0.15) is 10.4 Å². The summed E-state index contributed by atoms with van der Waals surface area (Å²) in [5.74, 6) is -0.723. The lowest BCUT2D eigenvalue weighted by molar-refractivity contribution is 0.0948. The molecule has 0 radical (unpaired) electrons. The summed E-state index contributed by atoms with van der Waals surface area (Å²) >= 11 is 0. The Kier molecular flexibility index (Phi) is 7.44. The summed E-state index contributed by atoms with van der Waals surface area (Å²) in [6, 6.07) is 21.1. The van der Waals surface area contributed by atoms with E-state index in [1.165, 1.54) is 30.0 Å². The van der Waals surface area contributed by atoms with Gasteiger partial charge < -0.3 is 10.2 Å². The van der Waals surface area contributed by atoms with Crippen LogP contribution in [0.3, 0.4) is 0 Å². The molecule has 34 heavy (non-hydrogen) atoms. The smallest absolute Gasteiger partial charge is 0.261 e. The number of halogens is 1. The molecule has 1 fully saturated rings. The number of piperazine rings is 1. The van der Waals surface area contributed by atoms with E-state index < -0.39 is 15.8 Å². The number of nitrogens with one attached hydrogen (secondary N) is 2. The molecule has 7 nitrogen and oxygen atoms in total. The number of anilines is 2. The summed E-state index contributed by atoms with van der Waals surface area (Å²) < 4.78 is 40.3. The van der Waals surface area contributed by atoms with Crippen molar-refractivity contribution in [2.45, 2.75) is 4.90 Å². The van der Waals surface area contributed by atoms with Gasteiger partial charge in [-0.05, 0) is 60.7 Å². The Bertz CT molecular complexity index is 1200. The largest absolute Gasteiger partial charge is 0.369 e. The molecule has 3 aromatic carbocycles. The quantitative estimate of drug-likeness (QED) is 0.516. The SMILES string of the molecule is O=C(NCCN1CCN(c2ccccc2)CC1)c1ccc(NS(=O)(=O)c2ccc(F)cc2)cc1. The van der Waals surface area contributed by atoms with Crippen molar-refractivity contribution < 1.29 is 17.6 Å². The van der Waals surface area contributed by atoms with Gasteiger partial charge in [0.1, 0.15) is 5.82 Å². The van der Waals surface area contributed by atoms with Crippen molar-refractivity contribution in [2.75, 3.05) is 48.9 Å². The molecule has 0 aromatic heterocycles. The van der Waals surface area contributed by atoms with E-state index in [1.54, 1.807) is 12.1 Å². The highest BCUT2D eigenvalue weighted by Gasteiger charge is 2.17. The molecular weight excluding hydrogens is 455 g/mol. The fourth-order valence-corrected chi connectivity index (χ4v) is 4.87. The van der Waals surface area contributed by atoms with Gasteiger partial charge in [0.25, 0.3) is 15.9 Å². The molecule has 1 heterocycles. The third-order valence-corrected chi connectivity index (χ3v) is 7.13. The van der Waals surface area contributed by atoms with Crippen LogP contribution in [0.15, 0.2) is 83.8 Å². The monoisotopic (exact) mass is 482 g/mol. The van der Waals surface area contributed by atoms with Crippen LogP contribution < -0.4 is 14.9 Å². The van der Waals surface area contributed by atoms with Gasteiger partial charge in [0, 0.05) is 56.2 Å². The summed E-state index contributed by atoms with van der Waals surface area (Å²) in [6.45, 7) is 5.08. The van der Waals surface area contributed by atoms with Gasteiger partial charge in [-0.2, -0.15) is 0 Å². The van der Waals surface area contributed by atoms with E-state index in [2.05, 4.69) is 32.0 Å². The lowest BCUT2D eigenvalue weighted by atomic mass is 10.2. The van der Waals surface area contributed by atoms with Gasteiger partial charge in [-0.1, -0.05) is 18.2 Å². The maximum absolute atomic E-state index is 13.0. The molecule has 1 aliphatic rings. The van der Waals surface area contributed by atoms with Crippen LogP contribution in [-0.4, -0.2) is 58.5 Å². The van der Waals surface area contributed by atoms with Gasteiger partial charge in [-0.15, -0.1) is 0 Å². The van der Waals surface area contributed by atoms with E-state index in [9.17, 15) is 17.6 Å². The number of para-hydroxylation sites is 1. The van der Waals surface area contributed by atoms with E-state index in [0.29, 0.717) is 17.8 Å². The number of carbonyl (C=O) groups excluding carboxylic acids is 1. The van der Waals surface area contributed by atoms with Crippen molar-refractivity contribution in [1.82, 2.24) is 10.2 Å². The minimum Gasteiger partial charge on any atom is -0.369 e. The van der Waals surface area contributed by atoms with Gasteiger partial charge >= 0.3 is 0 Å². The summed E-state index contributed by atoms with van der Waals surface area (Å²) in [5, 5.41) is 2.92. The molecule has 4 rings (SSSR count). The van der Waals surface area contributed by atoms with E-state index in [1.807, 2.05) is 18.2 Å². The topological polar surface area (TPSA) is 81.8 Å². The zero-order valence-electron chi connectivity index (χ0n) is 18.7. The van der Waals surface area contributed by atoms with Crippen LogP contribution in [0.2, 0.25) is 0 Å². The van der Waals surface area contributed by atoms with Gasteiger partial charge in [0.2, 0.25) is 0 Å². The molecule has 0 unspecified atom stereocenters. The number of carbonyl (C=O) groups is 1. The number of benzene rings is 3. The van der Waals surface area contributed by atoms with E-state index in [-0.39, 0.29) is 10.8 Å².